The molecule has 0 unspecified atom stereocenters. The van der Waals surface area contributed by atoms with Gasteiger partial charge in [-0.1, -0.05) is 12.1 Å². The molecule has 1 aromatic carbocycles. The van der Waals surface area contributed by atoms with Crippen molar-refractivity contribution in [3.63, 3.8) is 0 Å². The van der Waals surface area contributed by atoms with Crippen LogP contribution in [0, 0.1) is 6.92 Å². The van der Waals surface area contributed by atoms with Crippen molar-refractivity contribution in [3.8, 4) is 5.75 Å². The Labute approximate surface area is 113 Å². The van der Waals surface area contributed by atoms with E-state index in [0.29, 0.717) is 19.8 Å². The van der Waals surface area contributed by atoms with Crippen LogP contribution in [0.2, 0.25) is 0 Å². The molecule has 0 atom stereocenters. The predicted octanol–water partition coefficient (Wildman–Crippen LogP) is 2.77. The fourth-order valence-corrected chi connectivity index (χ4v) is 1.83. The summed E-state index contributed by atoms with van der Waals surface area (Å²) in [7, 11) is 1.65. The number of aryl methyl sites for hydroxylation is 1. The predicted molar refractivity (Wildman–Crippen MR) is 72.8 cm³/mol. The monoisotopic (exact) mass is 261 g/mol. The summed E-state index contributed by atoms with van der Waals surface area (Å²) >= 11 is 0. The molecule has 19 heavy (non-hydrogen) atoms. The minimum atomic E-state index is 0.416. The van der Waals surface area contributed by atoms with Crippen molar-refractivity contribution in [3.05, 3.63) is 53.0 Å². The van der Waals surface area contributed by atoms with Crippen LogP contribution in [0.25, 0.3) is 0 Å². The van der Waals surface area contributed by atoms with Gasteiger partial charge in [-0.25, -0.2) is 0 Å². The smallest absolute Gasteiger partial charge is 0.118 e. The third-order valence-corrected chi connectivity index (χ3v) is 2.96. The number of hydrogen-bond donors (Lipinski definition) is 1. The molecule has 2 N–H and O–H groups in total. The second-order valence-corrected chi connectivity index (χ2v) is 4.34. The van der Waals surface area contributed by atoms with Crippen LogP contribution in [0.1, 0.15) is 22.6 Å². The topological polar surface area (TPSA) is 57.6 Å². The van der Waals surface area contributed by atoms with Crippen molar-refractivity contribution in [1.82, 2.24) is 0 Å². The van der Waals surface area contributed by atoms with E-state index in [1.165, 1.54) is 0 Å². The van der Waals surface area contributed by atoms with Crippen molar-refractivity contribution in [2.45, 2.75) is 26.7 Å². The maximum absolute atomic E-state index is 5.68. The number of benzene rings is 1. The molecule has 1 heterocycles. The van der Waals surface area contributed by atoms with Crippen LogP contribution >= 0.6 is 0 Å². The van der Waals surface area contributed by atoms with Gasteiger partial charge in [0.2, 0.25) is 0 Å². The van der Waals surface area contributed by atoms with Crippen LogP contribution in [-0.4, -0.2) is 7.11 Å². The molecule has 102 valence electrons. The van der Waals surface area contributed by atoms with E-state index in [9.17, 15) is 0 Å². The van der Waals surface area contributed by atoms with E-state index in [1.54, 1.807) is 7.11 Å². The zero-order valence-electron chi connectivity index (χ0n) is 11.3. The van der Waals surface area contributed by atoms with Crippen LogP contribution in [0.3, 0.4) is 0 Å². The highest BCUT2D eigenvalue weighted by atomic mass is 16.5. The maximum atomic E-state index is 5.68. The molecule has 4 heteroatoms. The lowest BCUT2D eigenvalue weighted by Gasteiger charge is -2.05. The Balaban J connectivity index is 1.86. The van der Waals surface area contributed by atoms with Gasteiger partial charge in [0.1, 0.15) is 17.3 Å². The summed E-state index contributed by atoms with van der Waals surface area (Å²) in [6.45, 7) is 3.43. The standard InChI is InChI=1S/C15H19NO3/c1-11-13(7-15(8-16)19-11)10-18-9-12-3-5-14(17-2)6-4-12/h3-7H,8-10,16H2,1-2H3. The first kappa shape index (κ1) is 13.6. The van der Waals surface area contributed by atoms with E-state index in [-0.39, 0.29) is 0 Å². The normalized spacial score (nSPS) is 10.7. The van der Waals surface area contributed by atoms with Gasteiger partial charge in [-0.3, -0.25) is 0 Å². The average molecular weight is 261 g/mol. The molecular formula is C15H19NO3. The molecule has 0 saturated heterocycles. The van der Waals surface area contributed by atoms with Gasteiger partial charge in [-0.05, 0) is 30.7 Å². The van der Waals surface area contributed by atoms with Gasteiger partial charge in [0.25, 0.3) is 0 Å². The highest BCUT2D eigenvalue weighted by Crippen LogP contribution is 2.17. The fraction of sp³-hybridized carbons (Fsp3) is 0.333. The summed E-state index contributed by atoms with van der Waals surface area (Å²) in [6.07, 6.45) is 0. The molecule has 0 bridgehead atoms. The zero-order valence-corrected chi connectivity index (χ0v) is 11.3. The first-order valence-corrected chi connectivity index (χ1v) is 6.22. The lowest BCUT2D eigenvalue weighted by atomic mass is 10.2. The summed E-state index contributed by atoms with van der Waals surface area (Å²) in [5, 5.41) is 0. The van der Waals surface area contributed by atoms with Crippen LogP contribution < -0.4 is 10.5 Å². The molecule has 0 saturated carbocycles. The van der Waals surface area contributed by atoms with Crippen molar-refractivity contribution >= 4 is 0 Å². The molecule has 0 fully saturated rings. The van der Waals surface area contributed by atoms with Gasteiger partial charge in [-0.15, -0.1) is 0 Å². The second-order valence-electron chi connectivity index (χ2n) is 4.34. The third-order valence-electron chi connectivity index (χ3n) is 2.96. The Morgan fingerprint density at radius 3 is 2.47 bits per heavy atom. The van der Waals surface area contributed by atoms with E-state index < -0.39 is 0 Å². The molecule has 0 aliphatic heterocycles. The van der Waals surface area contributed by atoms with Gasteiger partial charge in [0.05, 0.1) is 26.9 Å². The van der Waals surface area contributed by atoms with Crippen molar-refractivity contribution in [2.24, 2.45) is 5.73 Å². The SMILES string of the molecule is COc1ccc(COCc2cc(CN)oc2C)cc1. The van der Waals surface area contributed by atoms with Gasteiger partial charge >= 0.3 is 0 Å². The molecule has 0 amide bonds. The number of nitrogens with two attached hydrogens (primary N) is 1. The van der Waals surface area contributed by atoms with Gasteiger partial charge in [0, 0.05) is 5.56 Å². The quantitative estimate of drug-likeness (QED) is 0.868. The highest BCUT2D eigenvalue weighted by molar-refractivity contribution is 5.26. The molecule has 0 spiro atoms. The zero-order chi connectivity index (χ0) is 13.7. The van der Waals surface area contributed by atoms with Crippen molar-refractivity contribution < 1.29 is 13.9 Å². The summed E-state index contributed by atoms with van der Waals surface area (Å²) < 4.78 is 16.3. The summed E-state index contributed by atoms with van der Waals surface area (Å²) in [5.41, 5.74) is 7.69. The van der Waals surface area contributed by atoms with Crippen molar-refractivity contribution in [2.75, 3.05) is 7.11 Å². The van der Waals surface area contributed by atoms with Crippen molar-refractivity contribution in [1.29, 1.82) is 0 Å². The molecule has 2 aromatic rings. The Morgan fingerprint density at radius 2 is 1.89 bits per heavy atom. The third kappa shape index (κ3) is 3.59. The summed E-state index contributed by atoms with van der Waals surface area (Å²) in [4.78, 5) is 0. The Kier molecular flexibility index (Phi) is 4.60. The fourth-order valence-electron chi connectivity index (χ4n) is 1.83. The average Bonchev–Trinajstić information content (AvgIpc) is 2.80. The summed E-state index contributed by atoms with van der Waals surface area (Å²) in [5.74, 6) is 2.51. The molecule has 4 nitrogen and oxygen atoms in total. The molecular weight excluding hydrogens is 242 g/mol. The number of furan rings is 1. The van der Waals surface area contributed by atoms with Crippen LogP contribution in [0.15, 0.2) is 34.7 Å². The molecule has 2 rings (SSSR count). The number of hydrogen-bond acceptors (Lipinski definition) is 4. The second kappa shape index (κ2) is 6.41. The van der Waals surface area contributed by atoms with E-state index in [0.717, 1.165) is 28.4 Å². The minimum absolute atomic E-state index is 0.416. The maximum Gasteiger partial charge on any atom is 0.118 e. The Bertz CT molecular complexity index is 517. The van der Waals surface area contributed by atoms with Gasteiger partial charge < -0.3 is 19.6 Å². The molecule has 0 aliphatic rings. The summed E-state index contributed by atoms with van der Waals surface area (Å²) in [6, 6.07) is 9.78. The van der Waals surface area contributed by atoms with E-state index in [4.69, 9.17) is 19.6 Å². The van der Waals surface area contributed by atoms with Gasteiger partial charge in [0.15, 0.2) is 0 Å². The lowest BCUT2D eigenvalue weighted by Crippen LogP contribution is -1.95. The largest absolute Gasteiger partial charge is 0.497 e. The van der Waals surface area contributed by atoms with E-state index >= 15 is 0 Å². The van der Waals surface area contributed by atoms with E-state index in [2.05, 4.69) is 0 Å². The minimum Gasteiger partial charge on any atom is -0.497 e. The Hall–Kier alpha value is -1.78. The van der Waals surface area contributed by atoms with Crippen LogP contribution in [0.4, 0.5) is 0 Å². The first-order chi connectivity index (χ1) is 9.22. The first-order valence-electron chi connectivity index (χ1n) is 6.22. The van der Waals surface area contributed by atoms with E-state index in [1.807, 2.05) is 37.3 Å². The number of rotatable bonds is 6. The molecule has 0 radical (unpaired) electrons. The van der Waals surface area contributed by atoms with Crippen LogP contribution in [-0.2, 0) is 24.5 Å². The Morgan fingerprint density at radius 1 is 1.16 bits per heavy atom. The molecule has 0 aliphatic carbocycles. The van der Waals surface area contributed by atoms with Crippen LogP contribution in [0.5, 0.6) is 5.75 Å². The highest BCUT2D eigenvalue weighted by Gasteiger charge is 2.06. The van der Waals surface area contributed by atoms with Gasteiger partial charge in [-0.2, -0.15) is 0 Å². The number of ether oxygens (including phenoxy) is 2. The molecule has 1 aromatic heterocycles. The lowest BCUT2D eigenvalue weighted by molar-refractivity contribution is 0.106. The number of methoxy groups -OCH3 is 1.